The molecule has 0 saturated heterocycles. The van der Waals surface area contributed by atoms with E-state index in [0.29, 0.717) is 31.6 Å². The fourth-order valence-corrected chi connectivity index (χ4v) is 4.88. The van der Waals surface area contributed by atoms with Crippen LogP contribution in [0, 0.1) is 0 Å². The Balaban J connectivity index is 1.43. The number of amides is 1. The Morgan fingerprint density at radius 1 is 1.21 bits per heavy atom. The van der Waals surface area contributed by atoms with Crippen molar-refractivity contribution in [2.75, 3.05) is 11.9 Å². The van der Waals surface area contributed by atoms with Crippen molar-refractivity contribution in [3.8, 4) is 0 Å². The van der Waals surface area contributed by atoms with E-state index in [1.165, 1.54) is 6.07 Å². The van der Waals surface area contributed by atoms with E-state index in [-0.39, 0.29) is 10.8 Å². The molecule has 0 radical (unpaired) electrons. The van der Waals surface area contributed by atoms with Crippen LogP contribution < -0.4 is 10.0 Å². The van der Waals surface area contributed by atoms with Crippen LogP contribution in [0.15, 0.2) is 53.7 Å². The van der Waals surface area contributed by atoms with Gasteiger partial charge in [-0.05, 0) is 42.3 Å². The van der Waals surface area contributed by atoms with Gasteiger partial charge in [-0.3, -0.25) is 4.79 Å². The second-order valence-corrected chi connectivity index (χ2v) is 9.76. The third-order valence-electron chi connectivity index (χ3n) is 5.30. The van der Waals surface area contributed by atoms with Gasteiger partial charge >= 0.3 is 0 Å². The molecule has 0 aliphatic carbocycles. The molecule has 2 aromatic carbocycles. The molecule has 3 aromatic rings. The first kappa shape index (κ1) is 19.6. The molecule has 8 heteroatoms. The van der Waals surface area contributed by atoms with Crippen LogP contribution in [0.5, 0.6) is 0 Å². The molecule has 1 aliphatic rings. The van der Waals surface area contributed by atoms with E-state index in [0.717, 1.165) is 16.6 Å². The highest BCUT2D eigenvalue weighted by Crippen LogP contribution is 2.38. The highest BCUT2D eigenvalue weighted by molar-refractivity contribution is 7.89. The van der Waals surface area contributed by atoms with E-state index >= 15 is 0 Å². The number of fused-ring (bicyclic) bond motifs is 2. The predicted octanol–water partition coefficient (Wildman–Crippen LogP) is 3.02. The molecule has 1 aromatic heterocycles. The number of hydrogen-bond acceptors (Lipinski definition) is 4. The molecule has 1 amide bonds. The van der Waals surface area contributed by atoms with Crippen LogP contribution in [0.3, 0.4) is 0 Å². The first-order valence-electron chi connectivity index (χ1n) is 9.60. The van der Waals surface area contributed by atoms with Crippen molar-refractivity contribution in [3.05, 3.63) is 54.4 Å². The van der Waals surface area contributed by atoms with E-state index in [1.54, 1.807) is 18.5 Å². The van der Waals surface area contributed by atoms with Crippen LogP contribution in [0.25, 0.3) is 11.0 Å². The van der Waals surface area contributed by atoms with Gasteiger partial charge in [-0.2, -0.15) is 0 Å². The van der Waals surface area contributed by atoms with E-state index in [2.05, 4.69) is 15.0 Å². The molecule has 2 heterocycles. The molecule has 0 unspecified atom stereocenters. The number of imidazole rings is 1. The van der Waals surface area contributed by atoms with Crippen molar-refractivity contribution in [1.29, 1.82) is 0 Å². The first-order chi connectivity index (χ1) is 13.8. The number of para-hydroxylation sites is 2. The molecule has 152 valence electrons. The standard InChI is InChI=1S/C21H24N4O3S/c1-21(2)13-20(26)24-17-9-8-15(12-16(17)21)29(27,28)23-10-5-11-25-14-22-18-6-3-4-7-19(18)25/h3-4,6-9,12,14,23H,5,10-11,13H2,1-2H3,(H,24,26). The summed E-state index contributed by atoms with van der Waals surface area (Å²) in [5, 5.41) is 2.81. The van der Waals surface area contributed by atoms with Crippen molar-refractivity contribution in [2.24, 2.45) is 0 Å². The molecule has 0 atom stereocenters. The minimum atomic E-state index is -3.63. The van der Waals surface area contributed by atoms with Crippen LogP contribution in [-0.4, -0.2) is 30.4 Å². The number of hydrogen-bond donors (Lipinski definition) is 2. The summed E-state index contributed by atoms with van der Waals surface area (Å²) in [5.74, 6) is -0.0525. The number of aromatic nitrogens is 2. The van der Waals surface area contributed by atoms with Gasteiger partial charge in [0.1, 0.15) is 0 Å². The molecule has 1 aliphatic heterocycles. The van der Waals surface area contributed by atoms with Crippen molar-refractivity contribution < 1.29 is 13.2 Å². The molecule has 7 nitrogen and oxygen atoms in total. The topological polar surface area (TPSA) is 93.1 Å². The van der Waals surface area contributed by atoms with E-state index < -0.39 is 15.4 Å². The maximum atomic E-state index is 12.7. The zero-order valence-corrected chi connectivity index (χ0v) is 17.3. The number of anilines is 1. The summed E-state index contributed by atoms with van der Waals surface area (Å²) in [7, 11) is -3.63. The van der Waals surface area contributed by atoms with Crippen molar-refractivity contribution >= 4 is 32.7 Å². The summed E-state index contributed by atoms with van der Waals surface area (Å²) < 4.78 is 30.2. The average Bonchev–Trinajstić information content (AvgIpc) is 3.07. The second kappa shape index (κ2) is 7.27. The van der Waals surface area contributed by atoms with Crippen LogP contribution in [0.4, 0.5) is 5.69 Å². The summed E-state index contributed by atoms with van der Waals surface area (Å²) in [4.78, 5) is 16.4. The lowest BCUT2D eigenvalue weighted by atomic mass is 9.78. The van der Waals surface area contributed by atoms with Gasteiger partial charge in [0.25, 0.3) is 0 Å². The largest absolute Gasteiger partial charge is 0.331 e. The lowest BCUT2D eigenvalue weighted by molar-refractivity contribution is -0.117. The number of rotatable bonds is 6. The van der Waals surface area contributed by atoms with Gasteiger partial charge in [-0.1, -0.05) is 26.0 Å². The van der Waals surface area contributed by atoms with Crippen LogP contribution in [0.1, 0.15) is 32.3 Å². The molecule has 2 N–H and O–H groups in total. The van der Waals surface area contributed by atoms with Crippen LogP contribution >= 0.6 is 0 Å². The zero-order valence-electron chi connectivity index (χ0n) is 16.5. The molecular weight excluding hydrogens is 388 g/mol. The predicted molar refractivity (Wildman–Crippen MR) is 112 cm³/mol. The summed E-state index contributed by atoms with van der Waals surface area (Å²) in [5.41, 5.74) is 3.07. The highest BCUT2D eigenvalue weighted by atomic mass is 32.2. The Hall–Kier alpha value is -2.71. The third kappa shape index (κ3) is 3.90. The van der Waals surface area contributed by atoms with Crippen LogP contribution in [-0.2, 0) is 26.8 Å². The lowest BCUT2D eigenvalue weighted by Crippen LogP contribution is -2.33. The summed E-state index contributed by atoms with van der Waals surface area (Å²) >= 11 is 0. The maximum absolute atomic E-state index is 12.7. The molecule has 0 bridgehead atoms. The van der Waals surface area contributed by atoms with Gasteiger partial charge in [0.05, 0.1) is 22.3 Å². The Bertz CT molecular complexity index is 1180. The normalized spacial score (nSPS) is 15.9. The summed E-state index contributed by atoms with van der Waals surface area (Å²) in [6, 6.07) is 12.7. The van der Waals surface area contributed by atoms with Gasteiger partial charge in [0.2, 0.25) is 15.9 Å². The monoisotopic (exact) mass is 412 g/mol. The molecule has 29 heavy (non-hydrogen) atoms. The number of aryl methyl sites for hydroxylation is 1. The zero-order chi connectivity index (χ0) is 20.6. The van der Waals surface area contributed by atoms with Gasteiger partial charge in [-0.15, -0.1) is 0 Å². The first-order valence-corrected chi connectivity index (χ1v) is 11.1. The number of nitrogens with one attached hydrogen (secondary N) is 2. The smallest absolute Gasteiger partial charge is 0.240 e. The molecule has 0 spiro atoms. The van der Waals surface area contributed by atoms with E-state index in [1.807, 2.05) is 42.7 Å². The van der Waals surface area contributed by atoms with Gasteiger partial charge in [0.15, 0.2) is 0 Å². The molecule has 4 rings (SSSR count). The number of benzene rings is 2. The summed E-state index contributed by atoms with van der Waals surface area (Å²) in [6.45, 7) is 4.89. The minimum absolute atomic E-state index is 0.0525. The fraction of sp³-hybridized carbons (Fsp3) is 0.333. The van der Waals surface area contributed by atoms with E-state index in [9.17, 15) is 13.2 Å². The fourth-order valence-electron chi connectivity index (χ4n) is 3.78. The average molecular weight is 413 g/mol. The Morgan fingerprint density at radius 3 is 2.83 bits per heavy atom. The number of nitrogens with zero attached hydrogens (tertiary/aromatic N) is 2. The SMILES string of the molecule is CC1(C)CC(=O)Nc2ccc(S(=O)(=O)NCCCn3cnc4ccccc43)cc21. The van der Waals surface area contributed by atoms with Gasteiger partial charge < -0.3 is 9.88 Å². The second-order valence-electron chi connectivity index (χ2n) is 7.99. The van der Waals surface area contributed by atoms with Crippen molar-refractivity contribution in [2.45, 2.75) is 43.5 Å². The van der Waals surface area contributed by atoms with Crippen molar-refractivity contribution in [1.82, 2.24) is 14.3 Å². The van der Waals surface area contributed by atoms with Gasteiger partial charge in [0, 0.05) is 30.6 Å². The quantitative estimate of drug-likeness (QED) is 0.609. The minimum Gasteiger partial charge on any atom is -0.331 e. The number of carbonyl (C=O) groups excluding carboxylic acids is 1. The van der Waals surface area contributed by atoms with Crippen LogP contribution in [0.2, 0.25) is 0 Å². The highest BCUT2D eigenvalue weighted by Gasteiger charge is 2.33. The maximum Gasteiger partial charge on any atom is 0.240 e. The van der Waals surface area contributed by atoms with E-state index in [4.69, 9.17) is 0 Å². The molecular formula is C21H24N4O3S. The van der Waals surface area contributed by atoms with Gasteiger partial charge in [-0.25, -0.2) is 18.1 Å². The van der Waals surface area contributed by atoms with Crippen molar-refractivity contribution in [3.63, 3.8) is 0 Å². The Kier molecular flexibility index (Phi) is 4.92. The Labute approximate surface area is 170 Å². The Morgan fingerprint density at radius 2 is 2.00 bits per heavy atom. The third-order valence-corrected chi connectivity index (χ3v) is 6.76. The number of carbonyl (C=O) groups is 1. The summed E-state index contributed by atoms with van der Waals surface area (Å²) in [6.07, 6.45) is 2.75. The molecule has 0 saturated carbocycles. The lowest BCUT2D eigenvalue weighted by Gasteiger charge is -2.32. The molecule has 0 fully saturated rings. The number of sulfonamides is 1.